The zero-order valence-corrected chi connectivity index (χ0v) is 17.6. The SMILES string of the molecule is Cc1ccccc1CNC(=O)C(=O)NC[C@H](c1ccc2c(c1)OCO2)[NH+]1CCOCC1. The number of amides is 2. The summed E-state index contributed by atoms with van der Waals surface area (Å²) in [5, 5.41) is 5.51. The van der Waals surface area contributed by atoms with Gasteiger partial charge in [-0.2, -0.15) is 0 Å². The van der Waals surface area contributed by atoms with E-state index in [1.807, 2.05) is 49.4 Å². The van der Waals surface area contributed by atoms with Gasteiger partial charge in [0, 0.05) is 12.1 Å². The molecule has 0 radical (unpaired) electrons. The van der Waals surface area contributed by atoms with Gasteiger partial charge in [0.1, 0.15) is 19.1 Å². The molecule has 1 saturated heterocycles. The van der Waals surface area contributed by atoms with E-state index in [2.05, 4.69) is 10.6 Å². The van der Waals surface area contributed by atoms with E-state index in [-0.39, 0.29) is 12.8 Å². The van der Waals surface area contributed by atoms with Gasteiger partial charge in [-0.05, 0) is 36.2 Å². The Balaban J connectivity index is 1.39. The summed E-state index contributed by atoms with van der Waals surface area (Å²) >= 11 is 0. The minimum Gasteiger partial charge on any atom is -0.454 e. The summed E-state index contributed by atoms with van der Waals surface area (Å²) in [7, 11) is 0. The second kappa shape index (κ2) is 9.80. The molecule has 0 saturated carbocycles. The number of fused-ring (bicyclic) bond motifs is 1. The molecule has 1 atom stereocenters. The van der Waals surface area contributed by atoms with Crippen molar-refractivity contribution in [1.29, 1.82) is 0 Å². The summed E-state index contributed by atoms with van der Waals surface area (Å²) in [6, 6.07) is 13.6. The van der Waals surface area contributed by atoms with E-state index < -0.39 is 11.8 Å². The molecule has 164 valence electrons. The Bertz CT molecular complexity index is 943. The number of morpholine rings is 1. The normalized spacial score (nSPS) is 16.5. The first kappa shape index (κ1) is 21.1. The first-order valence-electron chi connectivity index (χ1n) is 10.5. The zero-order valence-electron chi connectivity index (χ0n) is 17.6. The third-order valence-corrected chi connectivity index (χ3v) is 5.80. The van der Waals surface area contributed by atoms with Crippen LogP contribution in [0.5, 0.6) is 11.5 Å². The minimum absolute atomic E-state index is 0.0217. The molecule has 0 aliphatic carbocycles. The van der Waals surface area contributed by atoms with E-state index in [9.17, 15) is 9.59 Å². The Morgan fingerprint density at radius 1 is 1.00 bits per heavy atom. The summed E-state index contributed by atoms with van der Waals surface area (Å²) < 4.78 is 16.4. The lowest BCUT2D eigenvalue weighted by Crippen LogP contribution is -3.15. The van der Waals surface area contributed by atoms with Crippen LogP contribution in [0.4, 0.5) is 0 Å². The summed E-state index contributed by atoms with van der Waals surface area (Å²) in [6.45, 7) is 5.84. The molecule has 2 aliphatic heterocycles. The topological polar surface area (TPSA) is 90.3 Å². The van der Waals surface area contributed by atoms with E-state index >= 15 is 0 Å². The third kappa shape index (κ3) is 5.15. The van der Waals surface area contributed by atoms with E-state index in [1.54, 1.807) is 0 Å². The Morgan fingerprint density at radius 3 is 2.55 bits per heavy atom. The zero-order chi connectivity index (χ0) is 21.6. The Labute approximate surface area is 181 Å². The Morgan fingerprint density at radius 2 is 1.74 bits per heavy atom. The summed E-state index contributed by atoms with van der Waals surface area (Å²) in [4.78, 5) is 26.1. The fourth-order valence-electron chi connectivity index (χ4n) is 3.95. The lowest BCUT2D eigenvalue weighted by atomic mass is 10.0. The molecule has 0 spiro atoms. The molecule has 2 amide bonds. The molecule has 0 unspecified atom stereocenters. The molecule has 3 N–H and O–H groups in total. The van der Waals surface area contributed by atoms with E-state index in [1.165, 1.54) is 4.90 Å². The van der Waals surface area contributed by atoms with Crippen molar-refractivity contribution in [2.45, 2.75) is 19.5 Å². The molecule has 2 heterocycles. The van der Waals surface area contributed by atoms with Crippen molar-refractivity contribution < 1.29 is 28.7 Å². The van der Waals surface area contributed by atoms with Gasteiger partial charge < -0.3 is 29.7 Å². The van der Waals surface area contributed by atoms with Crippen LogP contribution < -0.4 is 25.0 Å². The largest absolute Gasteiger partial charge is 0.454 e. The maximum atomic E-state index is 12.5. The molecule has 0 aromatic heterocycles. The van der Waals surface area contributed by atoms with Gasteiger partial charge in [0.25, 0.3) is 0 Å². The number of benzene rings is 2. The van der Waals surface area contributed by atoms with Crippen LogP contribution in [-0.4, -0.2) is 51.5 Å². The van der Waals surface area contributed by atoms with Crippen LogP contribution in [0.3, 0.4) is 0 Å². The van der Waals surface area contributed by atoms with Gasteiger partial charge in [-0.3, -0.25) is 9.59 Å². The number of nitrogens with one attached hydrogen (secondary N) is 3. The smallest absolute Gasteiger partial charge is 0.309 e. The summed E-state index contributed by atoms with van der Waals surface area (Å²) in [6.07, 6.45) is 0. The van der Waals surface area contributed by atoms with Crippen molar-refractivity contribution in [3.8, 4) is 11.5 Å². The summed E-state index contributed by atoms with van der Waals surface area (Å²) in [5.41, 5.74) is 3.09. The first-order chi connectivity index (χ1) is 15.1. The van der Waals surface area contributed by atoms with Gasteiger partial charge in [-0.25, -0.2) is 0 Å². The minimum atomic E-state index is -0.635. The average molecular weight is 426 g/mol. The van der Waals surface area contributed by atoms with Crippen LogP contribution in [0.25, 0.3) is 0 Å². The van der Waals surface area contributed by atoms with Crippen LogP contribution in [-0.2, 0) is 20.9 Å². The average Bonchev–Trinajstić information content (AvgIpc) is 3.27. The summed E-state index contributed by atoms with van der Waals surface area (Å²) in [5.74, 6) is 0.160. The number of rotatable bonds is 6. The standard InChI is InChI=1S/C23H27N3O5/c1-16-4-2-3-5-18(16)13-24-22(27)23(28)25-14-19(26-8-10-29-11-9-26)17-6-7-20-21(12-17)31-15-30-20/h2-7,12,19H,8-11,13-15H2,1H3,(H,24,27)(H,25,28)/p+1/t19-/m1/s1. The highest BCUT2D eigenvalue weighted by Gasteiger charge is 2.29. The predicted octanol–water partition coefficient (Wildman–Crippen LogP) is 0.113. The quantitative estimate of drug-likeness (QED) is 0.571. The van der Waals surface area contributed by atoms with E-state index in [0.29, 0.717) is 32.1 Å². The highest BCUT2D eigenvalue weighted by molar-refractivity contribution is 6.35. The molecular formula is C23H28N3O5+. The maximum absolute atomic E-state index is 12.5. The molecule has 1 fully saturated rings. The highest BCUT2D eigenvalue weighted by atomic mass is 16.7. The lowest BCUT2D eigenvalue weighted by Gasteiger charge is -2.32. The molecule has 2 aliphatic rings. The lowest BCUT2D eigenvalue weighted by molar-refractivity contribution is -0.937. The maximum Gasteiger partial charge on any atom is 0.309 e. The van der Waals surface area contributed by atoms with Crippen LogP contribution >= 0.6 is 0 Å². The number of hydrogen-bond donors (Lipinski definition) is 3. The van der Waals surface area contributed by atoms with Crippen LogP contribution in [0.2, 0.25) is 0 Å². The fraction of sp³-hybridized carbons (Fsp3) is 0.391. The second-order valence-corrected chi connectivity index (χ2v) is 7.76. The Hall–Kier alpha value is -3.10. The van der Waals surface area contributed by atoms with Crippen LogP contribution in [0.1, 0.15) is 22.7 Å². The molecule has 0 bridgehead atoms. The molecular weight excluding hydrogens is 398 g/mol. The van der Waals surface area contributed by atoms with Gasteiger partial charge in [-0.1, -0.05) is 24.3 Å². The van der Waals surface area contributed by atoms with Crippen molar-refractivity contribution in [2.75, 3.05) is 39.6 Å². The number of ether oxygens (including phenoxy) is 3. The third-order valence-electron chi connectivity index (χ3n) is 5.80. The monoisotopic (exact) mass is 426 g/mol. The van der Waals surface area contributed by atoms with Crippen molar-refractivity contribution in [3.05, 3.63) is 59.2 Å². The number of quaternary nitrogens is 1. The molecule has 2 aromatic rings. The fourth-order valence-corrected chi connectivity index (χ4v) is 3.95. The highest BCUT2D eigenvalue weighted by Crippen LogP contribution is 2.33. The second-order valence-electron chi connectivity index (χ2n) is 7.76. The van der Waals surface area contributed by atoms with Crippen LogP contribution in [0.15, 0.2) is 42.5 Å². The molecule has 2 aromatic carbocycles. The number of carbonyl (C=O) groups excluding carboxylic acids is 2. The predicted molar refractivity (Wildman–Crippen MR) is 113 cm³/mol. The van der Waals surface area contributed by atoms with Crippen molar-refractivity contribution >= 4 is 11.8 Å². The molecule has 4 rings (SSSR count). The number of aryl methyl sites for hydroxylation is 1. The van der Waals surface area contributed by atoms with Gasteiger partial charge in [0.05, 0.1) is 19.8 Å². The van der Waals surface area contributed by atoms with Gasteiger partial charge in [0.15, 0.2) is 11.5 Å². The number of carbonyl (C=O) groups is 2. The van der Waals surface area contributed by atoms with Crippen LogP contribution in [0, 0.1) is 6.92 Å². The van der Waals surface area contributed by atoms with Crippen molar-refractivity contribution in [1.82, 2.24) is 10.6 Å². The molecule has 31 heavy (non-hydrogen) atoms. The number of hydrogen-bond acceptors (Lipinski definition) is 5. The van der Waals surface area contributed by atoms with Gasteiger partial charge in [0.2, 0.25) is 6.79 Å². The molecule has 8 heteroatoms. The first-order valence-corrected chi connectivity index (χ1v) is 10.5. The Kier molecular flexibility index (Phi) is 6.69. The molecule has 8 nitrogen and oxygen atoms in total. The van der Waals surface area contributed by atoms with Gasteiger partial charge >= 0.3 is 11.8 Å². The van der Waals surface area contributed by atoms with Crippen molar-refractivity contribution in [2.24, 2.45) is 0 Å². The van der Waals surface area contributed by atoms with Crippen molar-refractivity contribution in [3.63, 3.8) is 0 Å². The van der Waals surface area contributed by atoms with E-state index in [0.717, 1.165) is 35.5 Å². The van der Waals surface area contributed by atoms with E-state index in [4.69, 9.17) is 14.2 Å². The van der Waals surface area contributed by atoms with Gasteiger partial charge in [-0.15, -0.1) is 0 Å².